The average Bonchev–Trinajstić information content (AvgIpc) is 2.59. The summed E-state index contributed by atoms with van der Waals surface area (Å²) in [6, 6.07) is 8.00. The Balaban J connectivity index is 2.51. The number of hydrogen-bond donors (Lipinski definition) is 3. The molecule has 0 spiro atoms. The standard InChI is InChI=1S/C10H12BrN3/c11-7-1-2-9-6(3-7)4-10(14-9)8(13)5-12/h1-4,8,14H,5,12-13H2. The molecule has 0 bridgehead atoms. The molecule has 0 saturated heterocycles. The van der Waals surface area contributed by atoms with Gasteiger partial charge in [0, 0.05) is 27.6 Å². The van der Waals surface area contributed by atoms with Gasteiger partial charge in [0.2, 0.25) is 0 Å². The lowest BCUT2D eigenvalue weighted by atomic mass is 10.2. The highest BCUT2D eigenvalue weighted by molar-refractivity contribution is 9.10. The van der Waals surface area contributed by atoms with Crippen LogP contribution in [0.4, 0.5) is 0 Å². The van der Waals surface area contributed by atoms with E-state index in [0.717, 1.165) is 21.1 Å². The van der Waals surface area contributed by atoms with Crippen molar-refractivity contribution >= 4 is 26.8 Å². The smallest absolute Gasteiger partial charge is 0.0572 e. The first-order chi connectivity index (χ1) is 6.70. The van der Waals surface area contributed by atoms with Crippen LogP contribution in [0.25, 0.3) is 10.9 Å². The zero-order chi connectivity index (χ0) is 10.1. The predicted molar refractivity (Wildman–Crippen MR) is 62.0 cm³/mol. The highest BCUT2D eigenvalue weighted by atomic mass is 79.9. The molecule has 1 aromatic heterocycles. The number of benzene rings is 1. The Labute approximate surface area is 90.6 Å². The molecule has 0 fully saturated rings. The lowest BCUT2D eigenvalue weighted by Crippen LogP contribution is -2.20. The number of H-pyrrole nitrogens is 1. The second-order valence-electron chi connectivity index (χ2n) is 3.30. The highest BCUT2D eigenvalue weighted by Crippen LogP contribution is 2.22. The van der Waals surface area contributed by atoms with Crippen LogP contribution >= 0.6 is 15.9 Å². The van der Waals surface area contributed by atoms with Gasteiger partial charge in [-0.1, -0.05) is 15.9 Å². The molecule has 4 heteroatoms. The normalized spacial score (nSPS) is 13.4. The number of nitrogens with two attached hydrogens (primary N) is 2. The fraction of sp³-hybridized carbons (Fsp3) is 0.200. The van der Waals surface area contributed by atoms with Crippen molar-refractivity contribution in [1.82, 2.24) is 4.98 Å². The molecular formula is C10H12BrN3. The minimum absolute atomic E-state index is 0.110. The van der Waals surface area contributed by atoms with Gasteiger partial charge in [0.15, 0.2) is 0 Å². The SMILES string of the molecule is NCC(N)c1cc2cc(Br)ccc2[nH]1. The maximum Gasteiger partial charge on any atom is 0.0572 e. The summed E-state index contributed by atoms with van der Waals surface area (Å²) in [5.74, 6) is 0. The van der Waals surface area contributed by atoms with Crippen LogP contribution in [0, 0.1) is 0 Å². The van der Waals surface area contributed by atoms with E-state index in [4.69, 9.17) is 11.5 Å². The Morgan fingerprint density at radius 3 is 2.86 bits per heavy atom. The zero-order valence-corrected chi connectivity index (χ0v) is 9.21. The number of halogens is 1. The van der Waals surface area contributed by atoms with Crippen molar-refractivity contribution < 1.29 is 0 Å². The van der Waals surface area contributed by atoms with E-state index in [-0.39, 0.29) is 6.04 Å². The van der Waals surface area contributed by atoms with Gasteiger partial charge in [-0.05, 0) is 24.3 Å². The van der Waals surface area contributed by atoms with Crippen LogP contribution in [0.15, 0.2) is 28.7 Å². The van der Waals surface area contributed by atoms with Crippen molar-refractivity contribution in [1.29, 1.82) is 0 Å². The minimum atomic E-state index is -0.110. The van der Waals surface area contributed by atoms with Gasteiger partial charge in [0.25, 0.3) is 0 Å². The van der Waals surface area contributed by atoms with E-state index in [2.05, 4.69) is 27.0 Å². The molecule has 1 unspecified atom stereocenters. The van der Waals surface area contributed by atoms with E-state index in [9.17, 15) is 0 Å². The average molecular weight is 254 g/mol. The Kier molecular flexibility index (Phi) is 2.58. The number of aromatic amines is 1. The van der Waals surface area contributed by atoms with Crippen LogP contribution in [0.3, 0.4) is 0 Å². The van der Waals surface area contributed by atoms with Gasteiger partial charge in [-0.2, -0.15) is 0 Å². The monoisotopic (exact) mass is 253 g/mol. The fourth-order valence-corrected chi connectivity index (χ4v) is 1.83. The third-order valence-electron chi connectivity index (χ3n) is 2.26. The van der Waals surface area contributed by atoms with Crippen LogP contribution in [0.2, 0.25) is 0 Å². The van der Waals surface area contributed by atoms with Crippen LogP contribution in [0.5, 0.6) is 0 Å². The van der Waals surface area contributed by atoms with E-state index in [1.54, 1.807) is 0 Å². The molecule has 3 nitrogen and oxygen atoms in total. The lowest BCUT2D eigenvalue weighted by molar-refractivity contribution is 0.718. The Morgan fingerprint density at radius 2 is 2.14 bits per heavy atom. The summed E-state index contributed by atoms with van der Waals surface area (Å²) in [6.07, 6.45) is 0. The first-order valence-electron chi connectivity index (χ1n) is 4.44. The van der Waals surface area contributed by atoms with Crippen molar-refractivity contribution in [2.24, 2.45) is 11.5 Å². The van der Waals surface area contributed by atoms with Crippen molar-refractivity contribution in [2.45, 2.75) is 6.04 Å². The van der Waals surface area contributed by atoms with Gasteiger partial charge in [-0.25, -0.2) is 0 Å². The predicted octanol–water partition coefficient (Wildman–Crippen LogP) is 1.89. The van der Waals surface area contributed by atoms with Crippen molar-refractivity contribution in [3.8, 4) is 0 Å². The van der Waals surface area contributed by atoms with E-state index in [1.165, 1.54) is 0 Å². The number of fused-ring (bicyclic) bond motifs is 1. The third kappa shape index (κ3) is 1.68. The summed E-state index contributed by atoms with van der Waals surface area (Å²) in [7, 11) is 0. The molecule has 0 amide bonds. The van der Waals surface area contributed by atoms with Crippen LogP contribution in [-0.2, 0) is 0 Å². The largest absolute Gasteiger partial charge is 0.357 e. The topological polar surface area (TPSA) is 67.8 Å². The number of nitrogens with one attached hydrogen (secondary N) is 1. The molecule has 1 atom stereocenters. The van der Waals surface area contributed by atoms with E-state index in [1.807, 2.05) is 18.2 Å². The molecule has 0 radical (unpaired) electrons. The van der Waals surface area contributed by atoms with Crippen molar-refractivity contribution in [3.63, 3.8) is 0 Å². The van der Waals surface area contributed by atoms with Gasteiger partial charge < -0.3 is 16.5 Å². The quantitative estimate of drug-likeness (QED) is 0.766. The van der Waals surface area contributed by atoms with Gasteiger partial charge in [-0.15, -0.1) is 0 Å². The molecule has 0 aliphatic carbocycles. The van der Waals surface area contributed by atoms with Gasteiger partial charge >= 0.3 is 0 Å². The zero-order valence-electron chi connectivity index (χ0n) is 7.63. The molecule has 2 aromatic rings. The van der Waals surface area contributed by atoms with E-state index in [0.29, 0.717) is 6.54 Å². The first kappa shape index (κ1) is 9.71. The molecule has 74 valence electrons. The summed E-state index contributed by atoms with van der Waals surface area (Å²) in [5, 5.41) is 1.15. The first-order valence-corrected chi connectivity index (χ1v) is 5.24. The molecule has 2 rings (SSSR count). The van der Waals surface area contributed by atoms with Gasteiger partial charge in [0.05, 0.1) is 6.04 Å². The lowest BCUT2D eigenvalue weighted by Gasteiger charge is -2.03. The number of aromatic nitrogens is 1. The maximum atomic E-state index is 5.83. The highest BCUT2D eigenvalue weighted by Gasteiger charge is 2.07. The summed E-state index contributed by atoms with van der Waals surface area (Å²) < 4.78 is 1.07. The van der Waals surface area contributed by atoms with Crippen molar-refractivity contribution in [3.05, 3.63) is 34.4 Å². The molecule has 0 aliphatic heterocycles. The number of rotatable bonds is 2. The Bertz CT molecular complexity index is 450. The molecular weight excluding hydrogens is 242 g/mol. The Hall–Kier alpha value is -0.840. The molecule has 1 heterocycles. The van der Waals surface area contributed by atoms with E-state index < -0.39 is 0 Å². The van der Waals surface area contributed by atoms with Crippen molar-refractivity contribution in [2.75, 3.05) is 6.54 Å². The summed E-state index contributed by atoms with van der Waals surface area (Å²) in [6.45, 7) is 0.452. The van der Waals surface area contributed by atoms with Gasteiger partial charge in [0.1, 0.15) is 0 Å². The van der Waals surface area contributed by atoms with E-state index >= 15 is 0 Å². The second kappa shape index (κ2) is 3.73. The summed E-state index contributed by atoms with van der Waals surface area (Å²) >= 11 is 3.43. The molecule has 14 heavy (non-hydrogen) atoms. The van der Waals surface area contributed by atoms with Gasteiger partial charge in [-0.3, -0.25) is 0 Å². The third-order valence-corrected chi connectivity index (χ3v) is 2.75. The maximum absolute atomic E-state index is 5.83. The van der Waals surface area contributed by atoms with Crippen LogP contribution < -0.4 is 11.5 Å². The van der Waals surface area contributed by atoms with Crippen LogP contribution in [-0.4, -0.2) is 11.5 Å². The minimum Gasteiger partial charge on any atom is -0.357 e. The second-order valence-corrected chi connectivity index (χ2v) is 4.21. The van der Waals surface area contributed by atoms with Crippen LogP contribution in [0.1, 0.15) is 11.7 Å². The number of hydrogen-bond acceptors (Lipinski definition) is 2. The molecule has 0 saturated carbocycles. The molecule has 5 N–H and O–H groups in total. The fourth-order valence-electron chi connectivity index (χ4n) is 1.45. The molecule has 0 aliphatic rings. The summed E-state index contributed by atoms with van der Waals surface area (Å²) in [5.41, 5.74) is 13.4. The summed E-state index contributed by atoms with van der Waals surface area (Å²) in [4.78, 5) is 3.25. The Morgan fingerprint density at radius 1 is 1.36 bits per heavy atom. The molecule has 1 aromatic carbocycles.